The van der Waals surface area contributed by atoms with Gasteiger partial charge < -0.3 is 10.1 Å². The van der Waals surface area contributed by atoms with Gasteiger partial charge in [-0.25, -0.2) is 9.79 Å². The Hall–Kier alpha value is -2.73. The Labute approximate surface area is 156 Å². The molecule has 1 aromatic carbocycles. The molecule has 1 aliphatic rings. The molecule has 8 nitrogen and oxygen atoms in total. The van der Waals surface area contributed by atoms with Gasteiger partial charge in [0.25, 0.3) is 0 Å². The van der Waals surface area contributed by atoms with Crippen LogP contribution in [0.1, 0.15) is 26.3 Å². The van der Waals surface area contributed by atoms with E-state index < -0.39 is 11.7 Å². The molecule has 0 saturated heterocycles. The van der Waals surface area contributed by atoms with Gasteiger partial charge in [0.15, 0.2) is 11.4 Å². The number of nitrogens with one attached hydrogen (secondary N) is 2. The fourth-order valence-electron chi connectivity index (χ4n) is 2.27. The van der Waals surface area contributed by atoms with Gasteiger partial charge in [-0.3, -0.25) is 15.0 Å². The standard InChI is InChI=1S/C17H21N5O3S/c1-17(2,3)25-16(24)22-8-11-7-12(20-15(26-4)19-10-18)5-6-13(11)21-14(23)9-22/h5-7H,8-9H2,1-4H3,(H,19,20)(H,21,23). The summed E-state index contributed by atoms with van der Waals surface area (Å²) in [6.07, 6.45) is 3.08. The summed E-state index contributed by atoms with van der Waals surface area (Å²) in [6, 6.07) is 5.24. The third-order valence-electron chi connectivity index (χ3n) is 3.30. The third kappa shape index (κ3) is 5.39. The van der Waals surface area contributed by atoms with Crippen LogP contribution in [0.3, 0.4) is 0 Å². The number of amidine groups is 1. The number of carbonyl (C=O) groups is 2. The van der Waals surface area contributed by atoms with Crippen LogP contribution < -0.4 is 10.6 Å². The van der Waals surface area contributed by atoms with Crippen molar-refractivity contribution in [1.29, 1.82) is 5.26 Å². The zero-order valence-corrected chi connectivity index (χ0v) is 15.9. The Balaban J connectivity index is 2.30. The highest BCUT2D eigenvalue weighted by atomic mass is 32.2. The highest BCUT2D eigenvalue weighted by molar-refractivity contribution is 8.13. The van der Waals surface area contributed by atoms with Gasteiger partial charge in [0.2, 0.25) is 5.91 Å². The summed E-state index contributed by atoms with van der Waals surface area (Å²) in [6.45, 7) is 5.45. The van der Waals surface area contributed by atoms with Gasteiger partial charge >= 0.3 is 6.09 Å². The number of ether oxygens (including phenoxy) is 1. The van der Waals surface area contributed by atoms with E-state index in [0.717, 1.165) is 5.56 Å². The molecule has 0 atom stereocenters. The van der Waals surface area contributed by atoms with Gasteiger partial charge in [-0.05, 0) is 50.8 Å². The minimum Gasteiger partial charge on any atom is -0.444 e. The molecule has 1 heterocycles. The van der Waals surface area contributed by atoms with Crippen LogP contribution in [-0.4, -0.2) is 40.5 Å². The fraction of sp³-hybridized carbons (Fsp3) is 0.412. The SMILES string of the molecule is CSC(=Nc1ccc2c(c1)CN(C(=O)OC(C)(C)C)CC(=O)N2)NC#N. The summed E-state index contributed by atoms with van der Waals surface area (Å²) in [7, 11) is 0. The summed E-state index contributed by atoms with van der Waals surface area (Å²) < 4.78 is 5.37. The summed E-state index contributed by atoms with van der Waals surface area (Å²) >= 11 is 1.31. The smallest absolute Gasteiger partial charge is 0.411 e. The molecule has 138 valence electrons. The fourth-order valence-corrected chi connectivity index (χ4v) is 2.62. The van der Waals surface area contributed by atoms with E-state index in [-0.39, 0.29) is 19.0 Å². The van der Waals surface area contributed by atoms with Crippen LogP contribution in [0.5, 0.6) is 0 Å². The number of nitriles is 1. The van der Waals surface area contributed by atoms with Gasteiger partial charge in [-0.15, -0.1) is 0 Å². The summed E-state index contributed by atoms with van der Waals surface area (Å²) in [5, 5.41) is 14.5. The lowest BCUT2D eigenvalue weighted by atomic mass is 10.1. The number of benzene rings is 1. The first-order chi connectivity index (χ1) is 12.2. The Morgan fingerprint density at radius 2 is 2.15 bits per heavy atom. The van der Waals surface area contributed by atoms with E-state index in [9.17, 15) is 9.59 Å². The van der Waals surface area contributed by atoms with Gasteiger partial charge in [0, 0.05) is 5.69 Å². The molecule has 0 saturated carbocycles. The number of amides is 2. The Kier molecular flexibility index (Phi) is 6.10. The predicted molar refractivity (Wildman–Crippen MR) is 101 cm³/mol. The van der Waals surface area contributed by atoms with Crippen molar-refractivity contribution < 1.29 is 14.3 Å². The number of rotatable bonds is 1. The maximum absolute atomic E-state index is 12.4. The number of carbonyl (C=O) groups excluding carboxylic acids is 2. The molecule has 2 N–H and O–H groups in total. The molecule has 0 aliphatic carbocycles. The molecular formula is C17H21N5O3S. The van der Waals surface area contributed by atoms with Crippen LogP contribution >= 0.6 is 11.8 Å². The molecule has 0 unspecified atom stereocenters. The summed E-state index contributed by atoms with van der Waals surface area (Å²) in [4.78, 5) is 30.1. The minimum atomic E-state index is -0.648. The van der Waals surface area contributed by atoms with Crippen molar-refractivity contribution in [2.24, 2.45) is 4.99 Å². The van der Waals surface area contributed by atoms with E-state index in [0.29, 0.717) is 16.5 Å². The average Bonchev–Trinajstić information content (AvgIpc) is 2.70. The van der Waals surface area contributed by atoms with Crippen LogP contribution in [0.4, 0.5) is 16.2 Å². The molecule has 2 rings (SSSR count). The van der Waals surface area contributed by atoms with Crippen molar-refractivity contribution in [2.75, 3.05) is 18.1 Å². The highest BCUT2D eigenvalue weighted by Gasteiger charge is 2.27. The molecule has 26 heavy (non-hydrogen) atoms. The van der Waals surface area contributed by atoms with E-state index in [1.54, 1.807) is 45.2 Å². The number of hydrogen-bond donors (Lipinski definition) is 2. The average molecular weight is 375 g/mol. The number of fused-ring (bicyclic) bond motifs is 1. The molecule has 0 radical (unpaired) electrons. The Morgan fingerprint density at radius 3 is 2.77 bits per heavy atom. The normalized spacial score (nSPS) is 14.7. The molecule has 9 heteroatoms. The van der Waals surface area contributed by atoms with E-state index in [1.165, 1.54) is 16.7 Å². The monoisotopic (exact) mass is 375 g/mol. The van der Waals surface area contributed by atoms with Crippen LogP contribution in [0, 0.1) is 11.5 Å². The maximum Gasteiger partial charge on any atom is 0.411 e. The van der Waals surface area contributed by atoms with E-state index in [4.69, 9.17) is 10.00 Å². The van der Waals surface area contributed by atoms with E-state index >= 15 is 0 Å². The van der Waals surface area contributed by atoms with Crippen molar-refractivity contribution in [1.82, 2.24) is 10.2 Å². The van der Waals surface area contributed by atoms with Gasteiger partial charge in [0.05, 0.1) is 12.2 Å². The van der Waals surface area contributed by atoms with Gasteiger partial charge in [-0.1, -0.05) is 11.8 Å². The highest BCUT2D eigenvalue weighted by Crippen LogP contribution is 2.27. The molecule has 0 spiro atoms. The van der Waals surface area contributed by atoms with Gasteiger partial charge in [0.1, 0.15) is 12.1 Å². The second-order valence-electron chi connectivity index (χ2n) is 6.58. The van der Waals surface area contributed by atoms with Crippen molar-refractivity contribution in [3.8, 4) is 6.19 Å². The number of hydrogen-bond acceptors (Lipinski definition) is 6. The lowest BCUT2D eigenvalue weighted by molar-refractivity contribution is -0.117. The van der Waals surface area contributed by atoms with E-state index in [2.05, 4.69) is 15.6 Å². The van der Waals surface area contributed by atoms with Crippen LogP contribution in [0.2, 0.25) is 0 Å². The summed E-state index contributed by atoms with van der Waals surface area (Å²) in [5.74, 6) is -0.290. The lowest BCUT2D eigenvalue weighted by Crippen LogP contribution is -2.39. The van der Waals surface area contributed by atoms with Crippen molar-refractivity contribution >= 4 is 40.3 Å². The van der Waals surface area contributed by atoms with Crippen LogP contribution in [0.25, 0.3) is 0 Å². The predicted octanol–water partition coefficient (Wildman–Crippen LogP) is 2.80. The third-order valence-corrected chi connectivity index (χ3v) is 3.88. The topological polar surface area (TPSA) is 107 Å². The number of anilines is 1. The zero-order chi connectivity index (χ0) is 19.3. The molecule has 0 fully saturated rings. The zero-order valence-electron chi connectivity index (χ0n) is 15.1. The molecule has 1 aliphatic heterocycles. The molecule has 0 aromatic heterocycles. The second-order valence-corrected chi connectivity index (χ2v) is 7.38. The van der Waals surface area contributed by atoms with E-state index in [1.807, 2.05) is 6.19 Å². The van der Waals surface area contributed by atoms with Crippen LogP contribution in [-0.2, 0) is 16.1 Å². The molecular weight excluding hydrogens is 354 g/mol. The Morgan fingerprint density at radius 1 is 1.42 bits per heavy atom. The quantitative estimate of drug-likeness (QED) is 0.338. The minimum absolute atomic E-state index is 0.0890. The Bertz CT molecular complexity index is 780. The maximum atomic E-state index is 12.4. The second kappa shape index (κ2) is 8.10. The van der Waals surface area contributed by atoms with Crippen molar-refractivity contribution in [3.63, 3.8) is 0 Å². The largest absolute Gasteiger partial charge is 0.444 e. The van der Waals surface area contributed by atoms with Crippen molar-refractivity contribution in [3.05, 3.63) is 23.8 Å². The lowest BCUT2D eigenvalue weighted by Gasteiger charge is -2.25. The van der Waals surface area contributed by atoms with Crippen molar-refractivity contribution in [2.45, 2.75) is 32.9 Å². The molecule has 2 amide bonds. The number of aliphatic imine (C=N–C) groups is 1. The number of thioether (sulfide) groups is 1. The first kappa shape index (κ1) is 19.6. The first-order valence-electron chi connectivity index (χ1n) is 7.90. The number of nitrogens with zero attached hydrogens (tertiary/aromatic N) is 3. The molecule has 1 aromatic rings. The summed E-state index contributed by atoms with van der Waals surface area (Å²) in [5.41, 5.74) is 1.32. The van der Waals surface area contributed by atoms with Gasteiger partial charge in [-0.2, -0.15) is 5.26 Å². The first-order valence-corrected chi connectivity index (χ1v) is 9.13. The molecule has 0 bridgehead atoms. The van der Waals surface area contributed by atoms with Crippen LogP contribution in [0.15, 0.2) is 23.2 Å².